The summed E-state index contributed by atoms with van der Waals surface area (Å²) in [6.45, 7) is 3.00. The van der Waals surface area contributed by atoms with Crippen LogP contribution in [0.2, 0.25) is 0 Å². The molecular weight excluding hydrogens is 270 g/mol. The van der Waals surface area contributed by atoms with E-state index in [9.17, 15) is 9.59 Å². The Balaban J connectivity index is 1.73. The maximum Gasteiger partial charge on any atom is 0.407 e. The van der Waals surface area contributed by atoms with Crippen molar-refractivity contribution in [2.45, 2.75) is 32.0 Å². The Hall–Kier alpha value is -2.08. The molecule has 1 aliphatic heterocycles. The molecule has 6 heteroatoms. The van der Waals surface area contributed by atoms with E-state index < -0.39 is 12.1 Å². The Morgan fingerprint density at radius 3 is 2.81 bits per heavy atom. The summed E-state index contributed by atoms with van der Waals surface area (Å²) in [4.78, 5) is 25.1. The quantitative estimate of drug-likeness (QED) is 0.861. The van der Waals surface area contributed by atoms with Crippen LogP contribution in [0.25, 0.3) is 0 Å². The van der Waals surface area contributed by atoms with E-state index in [1.165, 1.54) is 0 Å². The number of likely N-dealkylation sites (tertiary alicyclic amines) is 1. The van der Waals surface area contributed by atoms with Crippen LogP contribution in [-0.2, 0) is 16.1 Å². The van der Waals surface area contributed by atoms with E-state index in [0.717, 1.165) is 12.0 Å². The highest BCUT2D eigenvalue weighted by Crippen LogP contribution is 2.10. The van der Waals surface area contributed by atoms with Crippen LogP contribution in [0.15, 0.2) is 30.3 Å². The minimum absolute atomic E-state index is 0.0732. The molecule has 0 aliphatic carbocycles. The summed E-state index contributed by atoms with van der Waals surface area (Å²) in [5.74, 6) is -0.0862. The summed E-state index contributed by atoms with van der Waals surface area (Å²) in [6, 6.07) is 8.91. The lowest BCUT2D eigenvalue weighted by atomic mass is 10.2. The van der Waals surface area contributed by atoms with E-state index in [-0.39, 0.29) is 18.6 Å². The summed E-state index contributed by atoms with van der Waals surface area (Å²) in [6.07, 6.45) is 0.262. The van der Waals surface area contributed by atoms with Gasteiger partial charge in [0, 0.05) is 13.1 Å². The van der Waals surface area contributed by atoms with Crippen LogP contribution < -0.4 is 11.1 Å². The van der Waals surface area contributed by atoms with Gasteiger partial charge in [-0.1, -0.05) is 30.3 Å². The molecule has 0 radical (unpaired) electrons. The Labute approximate surface area is 124 Å². The van der Waals surface area contributed by atoms with Crippen molar-refractivity contribution in [1.82, 2.24) is 10.2 Å². The standard InChI is InChI=1S/C15H21N3O3/c1-11(16)14(19)18-8-7-13(9-18)17-15(20)21-10-12-5-3-2-4-6-12/h2-6,11,13H,7-10,16H2,1H3,(H,17,20)/t11-,13?/m0/s1. The van der Waals surface area contributed by atoms with Gasteiger partial charge in [-0.15, -0.1) is 0 Å². The lowest BCUT2D eigenvalue weighted by Gasteiger charge is -2.18. The summed E-state index contributed by atoms with van der Waals surface area (Å²) >= 11 is 0. The predicted octanol–water partition coefficient (Wildman–Crippen LogP) is 0.861. The van der Waals surface area contributed by atoms with Gasteiger partial charge < -0.3 is 20.7 Å². The van der Waals surface area contributed by atoms with Gasteiger partial charge in [0.2, 0.25) is 5.91 Å². The number of alkyl carbamates (subject to hydrolysis) is 1. The molecule has 1 fully saturated rings. The normalized spacial score (nSPS) is 19.1. The van der Waals surface area contributed by atoms with E-state index in [1.807, 2.05) is 30.3 Å². The van der Waals surface area contributed by atoms with Crippen LogP contribution in [0.1, 0.15) is 18.9 Å². The Morgan fingerprint density at radius 2 is 2.14 bits per heavy atom. The fourth-order valence-electron chi connectivity index (χ4n) is 2.30. The predicted molar refractivity (Wildman–Crippen MR) is 78.4 cm³/mol. The maximum absolute atomic E-state index is 11.7. The first-order valence-electron chi connectivity index (χ1n) is 7.08. The van der Waals surface area contributed by atoms with Crippen molar-refractivity contribution < 1.29 is 14.3 Å². The van der Waals surface area contributed by atoms with Crippen molar-refractivity contribution in [2.75, 3.05) is 13.1 Å². The van der Waals surface area contributed by atoms with E-state index in [1.54, 1.807) is 11.8 Å². The average Bonchev–Trinajstić information content (AvgIpc) is 2.93. The van der Waals surface area contributed by atoms with Crippen molar-refractivity contribution in [3.63, 3.8) is 0 Å². The number of ether oxygens (including phenoxy) is 1. The van der Waals surface area contributed by atoms with Crippen LogP contribution in [-0.4, -0.2) is 42.1 Å². The second-order valence-electron chi connectivity index (χ2n) is 5.26. The minimum atomic E-state index is -0.506. The molecule has 1 heterocycles. The van der Waals surface area contributed by atoms with Gasteiger partial charge in [0.25, 0.3) is 0 Å². The molecule has 114 valence electrons. The van der Waals surface area contributed by atoms with E-state index in [2.05, 4.69) is 5.32 Å². The van der Waals surface area contributed by atoms with Gasteiger partial charge in [-0.25, -0.2) is 4.79 Å². The fraction of sp³-hybridized carbons (Fsp3) is 0.467. The molecule has 3 N–H and O–H groups in total. The van der Waals surface area contributed by atoms with Crippen molar-refractivity contribution in [3.05, 3.63) is 35.9 Å². The Morgan fingerprint density at radius 1 is 1.43 bits per heavy atom. The number of hydrogen-bond acceptors (Lipinski definition) is 4. The molecule has 1 aromatic rings. The first-order valence-corrected chi connectivity index (χ1v) is 7.08. The van der Waals surface area contributed by atoms with Gasteiger partial charge in [-0.05, 0) is 18.9 Å². The number of nitrogens with zero attached hydrogens (tertiary/aromatic N) is 1. The molecule has 1 unspecified atom stereocenters. The van der Waals surface area contributed by atoms with Crippen LogP contribution in [0, 0.1) is 0 Å². The number of hydrogen-bond donors (Lipinski definition) is 2. The van der Waals surface area contributed by atoms with E-state index in [4.69, 9.17) is 10.5 Å². The largest absolute Gasteiger partial charge is 0.445 e. The summed E-state index contributed by atoms with van der Waals surface area (Å²) in [5.41, 5.74) is 6.51. The molecule has 1 saturated heterocycles. The number of carbonyl (C=O) groups is 2. The molecule has 0 spiro atoms. The van der Waals surface area contributed by atoms with Crippen molar-refractivity contribution in [2.24, 2.45) is 5.73 Å². The van der Waals surface area contributed by atoms with Gasteiger partial charge in [0.15, 0.2) is 0 Å². The van der Waals surface area contributed by atoms with Gasteiger partial charge in [0.05, 0.1) is 12.1 Å². The van der Waals surface area contributed by atoms with Crippen molar-refractivity contribution >= 4 is 12.0 Å². The molecule has 6 nitrogen and oxygen atoms in total. The molecular formula is C15H21N3O3. The van der Waals surface area contributed by atoms with E-state index >= 15 is 0 Å². The zero-order valence-corrected chi connectivity index (χ0v) is 12.1. The lowest BCUT2D eigenvalue weighted by molar-refractivity contribution is -0.131. The van der Waals surface area contributed by atoms with Gasteiger partial charge in [-0.2, -0.15) is 0 Å². The number of benzene rings is 1. The second-order valence-corrected chi connectivity index (χ2v) is 5.26. The number of rotatable bonds is 4. The third kappa shape index (κ3) is 4.46. The van der Waals surface area contributed by atoms with E-state index in [0.29, 0.717) is 13.1 Å². The van der Waals surface area contributed by atoms with Gasteiger partial charge in [0.1, 0.15) is 6.61 Å². The second kappa shape index (κ2) is 7.08. The molecule has 0 aromatic heterocycles. The summed E-state index contributed by atoms with van der Waals surface area (Å²) in [5, 5.41) is 2.78. The topological polar surface area (TPSA) is 84.7 Å². The Kier molecular flexibility index (Phi) is 5.16. The number of nitrogens with one attached hydrogen (secondary N) is 1. The average molecular weight is 291 g/mol. The molecule has 0 bridgehead atoms. The molecule has 2 atom stereocenters. The third-order valence-electron chi connectivity index (χ3n) is 3.42. The summed E-state index contributed by atoms with van der Waals surface area (Å²) in [7, 11) is 0. The van der Waals surface area contributed by atoms with Crippen LogP contribution in [0.3, 0.4) is 0 Å². The highest BCUT2D eigenvalue weighted by molar-refractivity contribution is 5.81. The maximum atomic E-state index is 11.7. The molecule has 2 rings (SSSR count). The minimum Gasteiger partial charge on any atom is -0.445 e. The molecule has 1 aromatic carbocycles. The van der Waals surface area contributed by atoms with Crippen LogP contribution >= 0.6 is 0 Å². The van der Waals surface area contributed by atoms with Crippen LogP contribution in [0.4, 0.5) is 4.79 Å². The SMILES string of the molecule is C[C@H](N)C(=O)N1CCC(NC(=O)OCc2ccccc2)C1. The first-order chi connectivity index (χ1) is 10.1. The lowest BCUT2D eigenvalue weighted by Crippen LogP contribution is -2.43. The fourth-order valence-corrected chi connectivity index (χ4v) is 2.30. The first kappa shape index (κ1) is 15.3. The molecule has 2 amide bonds. The summed E-state index contributed by atoms with van der Waals surface area (Å²) < 4.78 is 5.15. The number of nitrogens with two attached hydrogens (primary N) is 1. The molecule has 1 aliphatic rings. The highest BCUT2D eigenvalue weighted by atomic mass is 16.5. The molecule has 21 heavy (non-hydrogen) atoms. The molecule has 0 saturated carbocycles. The smallest absolute Gasteiger partial charge is 0.407 e. The van der Waals surface area contributed by atoms with Gasteiger partial charge >= 0.3 is 6.09 Å². The number of amides is 2. The monoisotopic (exact) mass is 291 g/mol. The highest BCUT2D eigenvalue weighted by Gasteiger charge is 2.28. The zero-order valence-electron chi connectivity index (χ0n) is 12.1. The van der Waals surface area contributed by atoms with Gasteiger partial charge in [-0.3, -0.25) is 4.79 Å². The van der Waals surface area contributed by atoms with Crippen molar-refractivity contribution in [3.8, 4) is 0 Å². The van der Waals surface area contributed by atoms with Crippen LogP contribution in [0.5, 0.6) is 0 Å². The van der Waals surface area contributed by atoms with Crippen molar-refractivity contribution in [1.29, 1.82) is 0 Å². The zero-order chi connectivity index (χ0) is 15.2. The Bertz CT molecular complexity index is 490. The third-order valence-corrected chi connectivity index (χ3v) is 3.42. The number of carbonyl (C=O) groups excluding carboxylic acids is 2.